The van der Waals surface area contributed by atoms with Crippen LogP contribution in [0.3, 0.4) is 0 Å². The van der Waals surface area contributed by atoms with Gasteiger partial charge >= 0.3 is 0 Å². The van der Waals surface area contributed by atoms with E-state index in [1.165, 1.54) is 10.6 Å². The number of hydrogen-bond donors (Lipinski definition) is 1. The molecule has 1 unspecified atom stereocenters. The van der Waals surface area contributed by atoms with Crippen LogP contribution < -0.4 is 5.73 Å². The van der Waals surface area contributed by atoms with E-state index in [1.54, 1.807) is 35.2 Å². The maximum Gasteiger partial charge on any atom is 0.243 e. The van der Waals surface area contributed by atoms with Crippen molar-refractivity contribution in [3.8, 4) is 11.3 Å². The van der Waals surface area contributed by atoms with Crippen molar-refractivity contribution in [2.45, 2.75) is 31.3 Å². The summed E-state index contributed by atoms with van der Waals surface area (Å²) >= 11 is 0. The Kier molecular flexibility index (Phi) is 4.08. The summed E-state index contributed by atoms with van der Waals surface area (Å²) in [5.74, 6) is 0.884. The SMILES string of the molecule is Cc1ccc(S(=O)(=O)N2CCn3cnnc3C2C)cc1-c1cnc2c(N)ncnn12. The molecule has 0 saturated carbocycles. The number of aryl methyl sites for hydroxylation is 1. The third-order valence-electron chi connectivity index (χ3n) is 5.43. The van der Waals surface area contributed by atoms with E-state index in [2.05, 4.69) is 25.3 Å². The summed E-state index contributed by atoms with van der Waals surface area (Å²) in [5.41, 5.74) is 8.53. The Morgan fingerprint density at radius 3 is 2.87 bits per heavy atom. The van der Waals surface area contributed by atoms with Gasteiger partial charge in [0.25, 0.3) is 0 Å². The smallest absolute Gasteiger partial charge is 0.243 e. The largest absolute Gasteiger partial charge is 0.381 e. The first-order chi connectivity index (χ1) is 14.4. The molecule has 11 nitrogen and oxygen atoms in total. The van der Waals surface area contributed by atoms with E-state index in [-0.39, 0.29) is 10.7 Å². The zero-order chi connectivity index (χ0) is 21.0. The Balaban J connectivity index is 1.60. The lowest BCUT2D eigenvalue weighted by Gasteiger charge is -2.32. The molecule has 154 valence electrons. The van der Waals surface area contributed by atoms with Gasteiger partial charge < -0.3 is 10.3 Å². The van der Waals surface area contributed by atoms with E-state index in [4.69, 9.17) is 5.73 Å². The molecule has 0 saturated heterocycles. The van der Waals surface area contributed by atoms with Gasteiger partial charge in [0.1, 0.15) is 12.7 Å². The van der Waals surface area contributed by atoms with Crippen LogP contribution in [-0.2, 0) is 16.6 Å². The quantitative estimate of drug-likeness (QED) is 0.514. The lowest BCUT2D eigenvalue weighted by atomic mass is 10.1. The number of nitrogen functional groups attached to an aromatic ring is 1. The number of benzene rings is 1. The van der Waals surface area contributed by atoms with Gasteiger partial charge in [-0.05, 0) is 31.5 Å². The normalized spacial score (nSPS) is 17.3. The van der Waals surface area contributed by atoms with Crippen molar-refractivity contribution >= 4 is 21.5 Å². The highest BCUT2D eigenvalue weighted by Gasteiger charge is 2.35. The minimum absolute atomic E-state index is 0.194. The van der Waals surface area contributed by atoms with Crippen LogP contribution in [0.5, 0.6) is 0 Å². The first-order valence-electron chi connectivity index (χ1n) is 9.32. The summed E-state index contributed by atoms with van der Waals surface area (Å²) in [6.45, 7) is 4.57. The minimum atomic E-state index is -3.76. The number of sulfonamides is 1. The lowest BCUT2D eigenvalue weighted by Crippen LogP contribution is -2.41. The number of nitrogens with two attached hydrogens (primary N) is 1. The van der Waals surface area contributed by atoms with E-state index < -0.39 is 16.1 Å². The second-order valence-corrected chi connectivity index (χ2v) is 9.07. The van der Waals surface area contributed by atoms with Crippen LogP contribution in [-0.4, -0.2) is 53.6 Å². The molecule has 1 aromatic carbocycles. The first kappa shape index (κ1) is 18.6. The van der Waals surface area contributed by atoms with Crippen molar-refractivity contribution < 1.29 is 8.42 Å². The number of hydrogen-bond acceptors (Lipinski definition) is 8. The van der Waals surface area contributed by atoms with Crippen molar-refractivity contribution in [2.24, 2.45) is 0 Å². The Morgan fingerprint density at radius 1 is 1.20 bits per heavy atom. The van der Waals surface area contributed by atoms with Gasteiger partial charge in [-0.3, -0.25) is 0 Å². The molecule has 0 amide bonds. The van der Waals surface area contributed by atoms with E-state index in [1.807, 2.05) is 18.4 Å². The molecule has 5 rings (SSSR count). The molecule has 2 N–H and O–H groups in total. The van der Waals surface area contributed by atoms with E-state index in [0.29, 0.717) is 35.8 Å². The first-order valence-corrected chi connectivity index (χ1v) is 10.8. The molecule has 30 heavy (non-hydrogen) atoms. The summed E-state index contributed by atoms with van der Waals surface area (Å²) in [5, 5.41) is 12.2. The Morgan fingerprint density at radius 2 is 2.03 bits per heavy atom. The molecule has 1 atom stereocenters. The van der Waals surface area contributed by atoms with Gasteiger partial charge in [-0.2, -0.15) is 9.40 Å². The van der Waals surface area contributed by atoms with Crippen LogP contribution in [0.15, 0.2) is 41.9 Å². The molecule has 0 spiro atoms. The van der Waals surface area contributed by atoms with Crippen molar-refractivity contribution in [1.82, 2.24) is 38.7 Å². The molecule has 0 radical (unpaired) electrons. The highest BCUT2D eigenvalue weighted by molar-refractivity contribution is 7.89. The fourth-order valence-corrected chi connectivity index (χ4v) is 5.42. The number of anilines is 1. The van der Waals surface area contributed by atoms with Gasteiger partial charge in [0.2, 0.25) is 10.0 Å². The molecule has 1 aliphatic rings. The van der Waals surface area contributed by atoms with Crippen LogP contribution in [0.4, 0.5) is 5.82 Å². The Hall–Kier alpha value is -3.38. The summed E-state index contributed by atoms with van der Waals surface area (Å²) in [6, 6.07) is 4.63. The van der Waals surface area contributed by atoms with Crippen molar-refractivity contribution in [3.63, 3.8) is 0 Å². The van der Waals surface area contributed by atoms with Crippen molar-refractivity contribution in [3.05, 3.63) is 48.4 Å². The van der Waals surface area contributed by atoms with Gasteiger partial charge in [-0.25, -0.2) is 22.9 Å². The van der Waals surface area contributed by atoms with E-state index in [0.717, 1.165) is 5.56 Å². The molecule has 4 heterocycles. The molecule has 0 fully saturated rings. The fraction of sp³-hybridized carbons (Fsp3) is 0.278. The average Bonchev–Trinajstić information content (AvgIpc) is 3.36. The number of rotatable bonds is 3. The summed E-state index contributed by atoms with van der Waals surface area (Å²) < 4.78 is 31.9. The molecular formula is C18H19N9O2S. The second kappa shape index (κ2) is 6.57. The molecule has 0 bridgehead atoms. The topological polar surface area (TPSA) is 137 Å². The van der Waals surface area contributed by atoms with Crippen molar-refractivity contribution in [2.75, 3.05) is 12.3 Å². The lowest BCUT2D eigenvalue weighted by molar-refractivity contribution is 0.275. The van der Waals surface area contributed by atoms with Crippen LogP contribution >= 0.6 is 0 Å². The van der Waals surface area contributed by atoms with Crippen molar-refractivity contribution in [1.29, 1.82) is 0 Å². The van der Waals surface area contributed by atoms with E-state index >= 15 is 0 Å². The van der Waals surface area contributed by atoms with Crippen LogP contribution in [0.1, 0.15) is 24.4 Å². The molecule has 4 aromatic rings. The summed E-state index contributed by atoms with van der Waals surface area (Å²) in [7, 11) is -3.76. The van der Waals surface area contributed by atoms with Gasteiger partial charge in [0, 0.05) is 18.7 Å². The third kappa shape index (κ3) is 2.68. The molecule has 3 aromatic heterocycles. The van der Waals surface area contributed by atoms with Gasteiger partial charge in [0.15, 0.2) is 17.3 Å². The zero-order valence-electron chi connectivity index (χ0n) is 16.3. The summed E-state index contributed by atoms with van der Waals surface area (Å²) in [4.78, 5) is 8.42. The molecular weight excluding hydrogens is 406 g/mol. The minimum Gasteiger partial charge on any atom is -0.381 e. The third-order valence-corrected chi connectivity index (χ3v) is 7.40. The monoisotopic (exact) mass is 425 g/mol. The maximum absolute atomic E-state index is 13.5. The summed E-state index contributed by atoms with van der Waals surface area (Å²) in [6.07, 6.45) is 4.58. The standard InChI is InChI=1S/C18H19N9O2S/c1-11-3-4-13(7-14(11)15-8-20-18-16(19)21-9-23-27(15)18)30(28,29)26-6-5-25-10-22-24-17(25)12(26)2/h3-4,7-10,12H,5-6H2,1-2H3,(H2,19,21,23). The highest BCUT2D eigenvalue weighted by atomic mass is 32.2. The van der Waals surface area contributed by atoms with Crippen LogP contribution in [0, 0.1) is 6.92 Å². The zero-order valence-corrected chi connectivity index (χ0v) is 17.2. The van der Waals surface area contributed by atoms with Gasteiger partial charge in [0.05, 0.1) is 22.8 Å². The fourth-order valence-electron chi connectivity index (χ4n) is 3.81. The molecule has 12 heteroatoms. The molecule has 1 aliphatic heterocycles. The number of imidazole rings is 1. The van der Waals surface area contributed by atoms with Crippen LogP contribution in [0.25, 0.3) is 16.9 Å². The van der Waals surface area contributed by atoms with Gasteiger partial charge in [-0.15, -0.1) is 10.2 Å². The van der Waals surface area contributed by atoms with Crippen LogP contribution in [0.2, 0.25) is 0 Å². The predicted octanol–water partition coefficient (Wildman–Crippen LogP) is 1.04. The second-order valence-electron chi connectivity index (χ2n) is 7.18. The number of nitrogens with zero attached hydrogens (tertiary/aromatic N) is 8. The Bertz CT molecular complexity index is 1380. The predicted molar refractivity (Wildman–Crippen MR) is 108 cm³/mol. The molecule has 0 aliphatic carbocycles. The average molecular weight is 425 g/mol. The van der Waals surface area contributed by atoms with E-state index in [9.17, 15) is 8.42 Å². The number of fused-ring (bicyclic) bond motifs is 2. The van der Waals surface area contributed by atoms with Gasteiger partial charge in [-0.1, -0.05) is 6.07 Å². The maximum atomic E-state index is 13.5. The highest BCUT2D eigenvalue weighted by Crippen LogP contribution is 2.32. The number of aromatic nitrogens is 7. The Labute approximate surface area is 172 Å².